The normalized spacial score (nSPS) is 11.3. The summed E-state index contributed by atoms with van der Waals surface area (Å²) in [5, 5.41) is 2.30. The Kier molecular flexibility index (Phi) is 5.27. The predicted octanol–water partition coefficient (Wildman–Crippen LogP) is 4.48. The summed E-state index contributed by atoms with van der Waals surface area (Å²) in [5.74, 6) is 0.551. The molecule has 0 aliphatic heterocycles. The van der Waals surface area contributed by atoms with Gasteiger partial charge in [-0.15, -0.1) is 11.3 Å². The topological polar surface area (TPSA) is 68.3 Å². The molecule has 0 amide bonds. The smallest absolute Gasteiger partial charge is 0.261 e. The van der Waals surface area contributed by atoms with Crippen molar-refractivity contribution in [3.63, 3.8) is 0 Å². The van der Waals surface area contributed by atoms with Gasteiger partial charge in [0, 0.05) is 16.5 Å². The van der Waals surface area contributed by atoms with Crippen LogP contribution in [0, 0.1) is 6.92 Å². The average molecular weight is 395 g/mol. The lowest BCUT2D eigenvalue weighted by Crippen LogP contribution is -2.13. The highest BCUT2D eigenvalue weighted by molar-refractivity contribution is 7.92. The fourth-order valence-electron chi connectivity index (χ4n) is 2.07. The molecule has 25 heavy (non-hydrogen) atoms. The first-order valence-corrected chi connectivity index (χ1v) is 10.1. The van der Waals surface area contributed by atoms with Crippen LogP contribution in [0.3, 0.4) is 0 Å². The third-order valence-electron chi connectivity index (χ3n) is 3.41. The molecule has 1 heterocycles. The molecule has 0 saturated heterocycles. The molecule has 0 aliphatic rings. The zero-order chi connectivity index (χ0) is 17.9. The second-order valence-electron chi connectivity index (χ2n) is 5.31. The highest BCUT2D eigenvalue weighted by Gasteiger charge is 2.15. The first-order valence-electron chi connectivity index (χ1n) is 7.33. The molecule has 1 N–H and O–H groups in total. The maximum Gasteiger partial charge on any atom is 0.261 e. The number of sulfonamides is 1. The van der Waals surface area contributed by atoms with Gasteiger partial charge in [-0.05, 0) is 36.8 Å². The van der Waals surface area contributed by atoms with Gasteiger partial charge in [0.25, 0.3) is 10.0 Å². The minimum atomic E-state index is -3.73. The number of aromatic nitrogens is 1. The molecule has 1 aromatic heterocycles. The van der Waals surface area contributed by atoms with Crippen LogP contribution in [0.15, 0.2) is 58.3 Å². The van der Waals surface area contributed by atoms with E-state index in [2.05, 4.69) is 9.71 Å². The third-order valence-corrected chi connectivity index (χ3v) is 5.83. The number of hydrogen-bond acceptors (Lipinski definition) is 5. The Labute approximate surface area is 155 Å². The molecule has 8 heteroatoms. The lowest BCUT2D eigenvalue weighted by atomic mass is 10.2. The van der Waals surface area contributed by atoms with Gasteiger partial charge in [0.05, 0.1) is 21.8 Å². The molecule has 0 aliphatic carbocycles. The SMILES string of the molecule is Cc1ccc(S(=O)(=O)Nc2cccc(OCc3cscn3)c2)cc1Cl. The van der Waals surface area contributed by atoms with Crippen molar-refractivity contribution in [3.05, 3.63) is 69.6 Å². The van der Waals surface area contributed by atoms with Crippen LogP contribution < -0.4 is 9.46 Å². The zero-order valence-electron chi connectivity index (χ0n) is 13.3. The highest BCUT2D eigenvalue weighted by Crippen LogP contribution is 2.24. The molecule has 0 saturated carbocycles. The maximum absolute atomic E-state index is 12.5. The summed E-state index contributed by atoms with van der Waals surface area (Å²) in [4.78, 5) is 4.25. The minimum Gasteiger partial charge on any atom is -0.487 e. The quantitative estimate of drug-likeness (QED) is 0.669. The standard InChI is InChI=1S/C17H15ClN2O3S2/c1-12-5-6-16(8-17(12)18)25(21,22)20-13-3-2-4-15(7-13)23-9-14-10-24-11-19-14/h2-8,10-11,20H,9H2,1H3. The number of anilines is 1. The highest BCUT2D eigenvalue weighted by atomic mass is 35.5. The Morgan fingerprint density at radius 2 is 2.08 bits per heavy atom. The summed E-state index contributed by atoms with van der Waals surface area (Å²) in [7, 11) is -3.73. The van der Waals surface area contributed by atoms with E-state index in [9.17, 15) is 8.42 Å². The van der Waals surface area contributed by atoms with E-state index in [1.807, 2.05) is 12.3 Å². The van der Waals surface area contributed by atoms with Crippen molar-refractivity contribution < 1.29 is 13.2 Å². The van der Waals surface area contributed by atoms with Crippen LogP contribution in [0.5, 0.6) is 5.75 Å². The summed E-state index contributed by atoms with van der Waals surface area (Å²) in [6.07, 6.45) is 0. The number of nitrogens with zero attached hydrogens (tertiary/aromatic N) is 1. The van der Waals surface area contributed by atoms with Crippen LogP contribution in [-0.4, -0.2) is 13.4 Å². The van der Waals surface area contributed by atoms with E-state index in [4.69, 9.17) is 16.3 Å². The lowest BCUT2D eigenvalue weighted by Gasteiger charge is -2.11. The number of benzene rings is 2. The molecule has 0 spiro atoms. The molecule has 5 nitrogen and oxygen atoms in total. The Morgan fingerprint density at radius 1 is 1.24 bits per heavy atom. The van der Waals surface area contributed by atoms with E-state index < -0.39 is 10.0 Å². The van der Waals surface area contributed by atoms with Crippen molar-refractivity contribution in [2.24, 2.45) is 0 Å². The van der Waals surface area contributed by atoms with Crippen LogP contribution in [0.2, 0.25) is 5.02 Å². The number of aryl methyl sites for hydroxylation is 1. The number of hydrogen-bond donors (Lipinski definition) is 1. The largest absolute Gasteiger partial charge is 0.487 e. The molecule has 3 aromatic rings. The molecule has 130 valence electrons. The van der Waals surface area contributed by atoms with E-state index in [0.717, 1.165) is 11.3 Å². The first-order chi connectivity index (χ1) is 11.9. The molecule has 0 bridgehead atoms. The zero-order valence-corrected chi connectivity index (χ0v) is 15.7. The van der Waals surface area contributed by atoms with Gasteiger partial charge in [0.15, 0.2) is 0 Å². The monoisotopic (exact) mass is 394 g/mol. The summed E-state index contributed by atoms with van der Waals surface area (Å²) in [6, 6.07) is 11.4. The molecule has 3 rings (SSSR count). The molecule has 0 unspecified atom stereocenters. The number of nitrogens with one attached hydrogen (secondary N) is 1. The van der Waals surface area contributed by atoms with Crippen molar-refractivity contribution in [1.82, 2.24) is 4.98 Å². The molecule has 0 atom stereocenters. The Hall–Kier alpha value is -2.09. The van der Waals surface area contributed by atoms with Crippen molar-refractivity contribution in [2.45, 2.75) is 18.4 Å². The van der Waals surface area contributed by atoms with Gasteiger partial charge in [-0.2, -0.15) is 0 Å². The van der Waals surface area contributed by atoms with Gasteiger partial charge >= 0.3 is 0 Å². The van der Waals surface area contributed by atoms with Gasteiger partial charge in [-0.3, -0.25) is 4.72 Å². The maximum atomic E-state index is 12.5. The molecular weight excluding hydrogens is 380 g/mol. The first kappa shape index (κ1) is 17.7. The number of ether oxygens (including phenoxy) is 1. The average Bonchev–Trinajstić information content (AvgIpc) is 3.09. The third kappa shape index (κ3) is 4.50. The van der Waals surface area contributed by atoms with Gasteiger partial charge in [-0.25, -0.2) is 13.4 Å². The van der Waals surface area contributed by atoms with Crippen molar-refractivity contribution in [2.75, 3.05) is 4.72 Å². The molecular formula is C17H15ClN2O3S2. The van der Waals surface area contributed by atoms with Crippen molar-refractivity contribution >= 4 is 38.6 Å². The van der Waals surface area contributed by atoms with Gasteiger partial charge < -0.3 is 4.74 Å². The molecule has 2 aromatic carbocycles. The van der Waals surface area contributed by atoms with E-state index in [1.165, 1.54) is 23.5 Å². The minimum absolute atomic E-state index is 0.108. The molecule has 0 fully saturated rings. The fraction of sp³-hybridized carbons (Fsp3) is 0.118. The van der Waals surface area contributed by atoms with Crippen LogP contribution >= 0.6 is 22.9 Å². The van der Waals surface area contributed by atoms with Crippen LogP contribution in [0.4, 0.5) is 5.69 Å². The Bertz CT molecular complexity index is 973. The van der Waals surface area contributed by atoms with Gasteiger partial charge in [0.2, 0.25) is 0 Å². The van der Waals surface area contributed by atoms with Crippen molar-refractivity contribution in [1.29, 1.82) is 0 Å². The Morgan fingerprint density at radius 3 is 2.80 bits per heavy atom. The Balaban J connectivity index is 1.75. The number of halogens is 1. The van der Waals surface area contributed by atoms with E-state index in [1.54, 1.807) is 35.8 Å². The summed E-state index contributed by atoms with van der Waals surface area (Å²) in [5.41, 5.74) is 3.78. The van der Waals surface area contributed by atoms with Crippen molar-refractivity contribution in [3.8, 4) is 5.75 Å². The van der Waals surface area contributed by atoms with E-state index >= 15 is 0 Å². The fourth-order valence-corrected chi connectivity index (χ4v) is 3.93. The van der Waals surface area contributed by atoms with Gasteiger partial charge in [0.1, 0.15) is 12.4 Å². The van der Waals surface area contributed by atoms with Crippen LogP contribution in [-0.2, 0) is 16.6 Å². The van der Waals surface area contributed by atoms with E-state index in [-0.39, 0.29) is 4.90 Å². The summed E-state index contributed by atoms with van der Waals surface area (Å²) < 4.78 is 33.2. The number of rotatable bonds is 6. The summed E-state index contributed by atoms with van der Waals surface area (Å²) >= 11 is 7.51. The van der Waals surface area contributed by atoms with E-state index in [0.29, 0.717) is 23.1 Å². The predicted molar refractivity (Wildman–Crippen MR) is 99.9 cm³/mol. The second-order valence-corrected chi connectivity index (χ2v) is 8.12. The molecule has 0 radical (unpaired) electrons. The summed E-state index contributed by atoms with van der Waals surface area (Å²) in [6.45, 7) is 2.14. The second kappa shape index (κ2) is 7.43. The number of thiazole rings is 1. The lowest BCUT2D eigenvalue weighted by molar-refractivity contribution is 0.302. The van der Waals surface area contributed by atoms with Gasteiger partial charge in [-0.1, -0.05) is 23.7 Å². The van der Waals surface area contributed by atoms with Crippen LogP contribution in [0.1, 0.15) is 11.3 Å². The van der Waals surface area contributed by atoms with Crippen LogP contribution in [0.25, 0.3) is 0 Å².